The van der Waals surface area contributed by atoms with E-state index in [4.69, 9.17) is 16.3 Å². The second-order valence-electron chi connectivity index (χ2n) is 4.65. The van der Waals surface area contributed by atoms with E-state index in [-0.39, 0.29) is 5.60 Å². The van der Waals surface area contributed by atoms with E-state index in [2.05, 4.69) is 41.9 Å². The van der Waals surface area contributed by atoms with Gasteiger partial charge < -0.3 is 4.74 Å². The zero-order chi connectivity index (χ0) is 11.1. The maximum atomic E-state index is 5.97. The van der Waals surface area contributed by atoms with Crippen LogP contribution in [0.1, 0.15) is 31.7 Å². The molecule has 1 aliphatic rings. The largest absolute Gasteiger partial charge is 0.375 e. The minimum absolute atomic E-state index is 0.0107. The monoisotopic (exact) mass is 288 g/mol. The Morgan fingerprint density at radius 2 is 2.20 bits per heavy atom. The van der Waals surface area contributed by atoms with Crippen LogP contribution in [0.5, 0.6) is 0 Å². The van der Waals surface area contributed by atoms with Gasteiger partial charge in [0.2, 0.25) is 0 Å². The summed E-state index contributed by atoms with van der Waals surface area (Å²) >= 11 is 9.41. The first-order chi connectivity index (χ1) is 6.98. The average molecular weight is 290 g/mol. The van der Waals surface area contributed by atoms with E-state index in [9.17, 15) is 0 Å². The molecule has 0 aromatic heterocycles. The molecule has 1 nitrogen and oxygen atoms in total. The molecule has 0 unspecified atom stereocenters. The maximum Gasteiger partial charge on any atom is 0.0633 e. The third-order valence-electron chi connectivity index (χ3n) is 2.83. The van der Waals surface area contributed by atoms with Crippen LogP contribution in [0.25, 0.3) is 0 Å². The predicted molar refractivity (Wildman–Crippen MR) is 66.5 cm³/mol. The van der Waals surface area contributed by atoms with Gasteiger partial charge in [-0.2, -0.15) is 0 Å². The molecule has 15 heavy (non-hydrogen) atoms. The van der Waals surface area contributed by atoms with Crippen molar-refractivity contribution in [2.45, 2.75) is 31.8 Å². The lowest BCUT2D eigenvalue weighted by molar-refractivity contribution is 0.0361. The summed E-state index contributed by atoms with van der Waals surface area (Å²) in [7, 11) is 0. The highest BCUT2D eigenvalue weighted by atomic mass is 79.9. The van der Waals surface area contributed by atoms with E-state index in [0.29, 0.717) is 5.92 Å². The van der Waals surface area contributed by atoms with Gasteiger partial charge in [-0.1, -0.05) is 17.7 Å². The third-order valence-corrected chi connectivity index (χ3v) is 4.04. The molecule has 0 spiro atoms. The average Bonchev–Trinajstić information content (AvgIpc) is 2.51. The van der Waals surface area contributed by atoms with Crippen LogP contribution in [0.4, 0.5) is 0 Å². The number of hydrogen-bond donors (Lipinski definition) is 0. The van der Waals surface area contributed by atoms with Crippen molar-refractivity contribution < 1.29 is 4.74 Å². The quantitative estimate of drug-likeness (QED) is 0.745. The Bertz CT molecular complexity index is 376. The molecule has 0 radical (unpaired) electrons. The summed E-state index contributed by atoms with van der Waals surface area (Å²) in [5, 5.41) is 0.761. The van der Waals surface area contributed by atoms with Crippen LogP contribution in [0.3, 0.4) is 0 Å². The van der Waals surface area contributed by atoms with Crippen molar-refractivity contribution in [3.05, 3.63) is 33.3 Å². The Kier molecular flexibility index (Phi) is 3.11. The lowest BCUT2D eigenvalue weighted by atomic mass is 9.92. The van der Waals surface area contributed by atoms with Crippen molar-refractivity contribution >= 4 is 27.5 Å². The number of ether oxygens (including phenoxy) is 1. The Labute approximate surface area is 104 Å². The normalized spacial score (nSPS) is 24.4. The van der Waals surface area contributed by atoms with Crippen molar-refractivity contribution in [2.24, 2.45) is 0 Å². The van der Waals surface area contributed by atoms with Crippen LogP contribution in [0.2, 0.25) is 5.02 Å². The molecule has 0 aliphatic carbocycles. The summed E-state index contributed by atoms with van der Waals surface area (Å²) in [6.07, 6.45) is 1.07. The molecule has 1 heterocycles. The Morgan fingerprint density at radius 1 is 1.47 bits per heavy atom. The van der Waals surface area contributed by atoms with E-state index < -0.39 is 0 Å². The SMILES string of the molecule is CC1(C)C[C@@H](c2ccc(Cl)c(Br)c2)CO1. The Balaban J connectivity index is 2.21. The van der Waals surface area contributed by atoms with Crippen LogP contribution < -0.4 is 0 Å². The fraction of sp³-hybridized carbons (Fsp3) is 0.500. The number of hydrogen-bond acceptors (Lipinski definition) is 1. The molecule has 1 saturated heterocycles. The second kappa shape index (κ2) is 4.08. The number of benzene rings is 1. The van der Waals surface area contributed by atoms with E-state index in [1.807, 2.05) is 6.07 Å². The molecular formula is C12H14BrClO. The minimum atomic E-state index is 0.0107. The first kappa shape index (κ1) is 11.4. The predicted octanol–water partition coefficient (Wildman–Crippen LogP) is 4.39. The molecular weight excluding hydrogens is 275 g/mol. The highest BCUT2D eigenvalue weighted by Crippen LogP contribution is 2.37. The molecule has 82 valence electrons. The van der Waals surface area contributed by atoms with Crippen molar-refractivity contribution in [2.75, 3.05) is 6.61 Å². The van der Waals surface area contributed by atoms with Crippen LogP contribution in [0, 0.1) is 0 Å². The molecule has 1 atom stereocenters. The van der Waals surface area contributed by atoms with E-state index in [1.165, 1.54) is 5.56 Å². The lowest BCUT2D eigenvalue weighted by Gasteiger charge is -2.15. The molecule has 1 fully saturated rings. The van der Waals surface area contributed by atoms with Crippen molar-refractivity contribution in [3.63, 3.8) is 0 Å². The van der Waals surface area contributed by atoms with Gasteiger partial charge in [0.25, 0.3) is 0 Å². The molecule has 2 rings (SSSR count). The van der Waals surface area contributed by atoms with Crippen LogP contribution in [0.15, 0.2) is 22.7 Å². The zero-order valence-corrected chi connectivity index (χ0v) is 11.2. The van der Waals surface area contributed by atoms with E-state index >= 15 is 0 Å². The van der Waals surface area contributed by atoms with E-state index in [0.717, 1.165) is 22.5 Å². The molecule has 1 aromatic rings. The molecule has 3 heteroatoms. The van der Waals surface area contributed by atoms with Crippen LogP contribution >= 0.6 is 27.5 Å². The first-order valence-corrected chi connectivity index (χ1v) is 6.24. The summed E-state index contributed by atoms with van der Waals surface area (Å²) < 4.78 is 6.69. The molecule has 0 saturated carbocycles. The lowest BCUT2D eigenvalue weighted by Crippen LogP contribution is -2.16. The van der Waals surface area contributed by atoms with Gasteiger partial charge in [-0.25, -0.2) is 0 Å². The van der Waals surface area contributed by atoms with Gasteiger partial charge in [0.1, 0.15) is 0 Å². The summed E-state index contributed by atoms with van der Waals surface area (Å²) in [4.78, 5) is 0. The van der Waals surface area contributed by atoms with Crippen LogP contribution in [-0.4, -0.2) is 12.2 Å². The second-order valence-corrected chi connectivity index (χ2v) is 5.91. The Hall–Kier alpha value is -0.0500. The van der Waals surface area contributed by atoms with E-state index in [1.54, 1.807) is 0 Å². The molecule has 0 amide bonds. The van der Waals surface area contributed by atoms with Crippen molar-refractivity contribution in [1.29, 1.82) is 0 Å². The molecule has 0 N–H and O–H groups in total. The topological polar surface area (TPSA) is 9.23 Å². The van der Waals surface area contributed by atoms with Gasteiger partial charge in [-0.3, -0.25) is 0 Å². The maximum absolute atomic E-state index is 5.97. The first-order valence-electron chi connectivity index (χ1n) is 5.07. The standard InChI is InChI=1S/C12H14BrClO/c1-12(2)6-9(7-15-12)8-3-4-11(14)10(13)5-8/h3-5,9H,6-7H2,1-2H3/t9-/m1/s1. The zero-order valence-electron chi connectivity index (χ0n) is 8.89. The fourth-order valence-corrected chi connectivity index (χ4v) is 2.53. The summed E-state index contributed by atoms with van der Waals surface area (Å²) in [5.74, 6) is 0.494. The van der Waals surface area contributed by atoms with Gasteiger partial charge in [0.05, 0.1) is 17.2 Å². The minimum Gasteiger partial charge on any atom is -0.375 e. The molecule has 0 bridgehead atoms. The summed E-state index contributed by atoms with van der Waals surface area (Å²) in [6, 6.07) is 6.12. The van der Waals surface area contributed by atoms with Gasteiger partial charge in [0.15, 0.2) is 0 Å². The third kappa shape index (κ3) is 2.55. The van der Waals surface area contributed by atoms with Crippen molar-refractivity contribution in [1.82, 2.24) is 0 Å². The van der Waals surface area contributed by atoms with Crippen molar-refractivity contribution in [3.8, 4) is 0 Å². The number of rotatable bonds is 1. The fourth-order valence-electron chi connectivity index (χ4n) is 2.02. The van der Waals surface area contributed by atoms with Crippen LogP contribution in [-0.2, 0) is 4.74 Å². The van der Waals surface area contributed by atoms with Gasteiger partial charge in [-0.05, 0) is 53.9 Å². The molecule has 1 aromatic carbocycles. The summed E-state index contributed by atoms with van der Waals surface area (Å²) in [5.41, 5.74) is 1.31. The molecule has 1 aliphatic heterocycles. The Morgan fingerprint density at radius 3 is 2.73 bits per heavy atom. The summed E-state index contributed by atoms with van der Waals surface area (Å²) in [6.45, 7) is 5.08. The highest BCUT2D eigenvalue weighted by molar-refractivity contribution is 9.10. The van der Waals surface area contributed by atoms with Gasteiger partial charge in [0, 0.05) is 10.4 Å². The van der Waals surface area contributed by atoms with Gasteiger partial charge >= 0.3 is 0 Å². The van der Waals surface area contributed by atoms with Gasteiger partial charge in [-0.15, -0.1) is 0 Å². The smallest absolute Gasteiger partial charge is 0.0633 e. The number of halogens is 2. The highest BCUT2D eigenvalue weighted by Gasteiger charge is 2.32.